The molecule has 6 heteroatoms. The third-order valence-corrected chi connectivity index (χ3v) is 4.03. The zero-order valence-electron chi connectivity index (χ0n) is 15.0. The Bertz CT molecular complexity index is 747. The largest absolute Gasteiger partial charge is 0.497 e. The maximum absolute atomic E-state index is 12.9. The van der Waals surface area contributed by atoms with Gasteiger partial charge < -0.3 is 15.0 Å². The number of nitrogens with one attached hydrogen (secondary N) is 1. The number of amides is 2. The summed E-state index contributed by atoms with van der Waals surface area (Å²) >= 11 is 0. The number of halogens is 1. The van der Waals surface area contributed by atoms with Crippen LogP contribution in [0.3, 0.4) is 0 Å². The number of nitrogens with zero attached hydrogens (tertiary/aromatic N) is 1. The lowest BCUT2D eigenvalue weighted by atomic mass is 10.1. The summed E-state index contributed by atoms with van der Waals surface area (Å²) in [5.74, 6) is 0.0495. The lowest BCUT2D eigenvalue weighted by Gasteiger charge is -2.21. The summed E-state index contributed by atoms with van der Waals surface area (Å²) in [5, 5.41) is 2.80. The number of hydrogen-bond donors (Lipinski definition) is 1. The minimum absolute atomic E-state index is 0.0669. The first kappa shape index (κ1) is 19.4. The highest BCUT2D eigenvalue weighted by Gasteiger charge is 2.11. The predicted octanol–water partition coefficient (Wildman–Crippen LogP) is 2.66. The molecule has 138 valence electrons. The van der Waals surface area contributed by atoms with Crippen LogP contribution in [-0.4, -0.2) is 43.5 Å². The minimum atomic E-state index is -0.280. The summed E-state index contributed by atoms with van der Waals surface area (Å²) in [5.41, 5.74) is 1.46. The average molecular weight is 358 g/mol. The zero-order chi connectivity index (χ0) is 18.9. The molecule has 0 saturated heterocycles. The van der Waals surface area contributed by atoms with Crippen molar-refractivity contribution in [2.24, 2.45) is 0 Å². The quantitative estimate of drug-likeness (QED) is 0.789. The first-order valence-electron chi connectivity index (χ1n) is 8.42. The van der Waals surface area contributed by atoms with Crippen molar-refractivity contribution in [2.45, 2.75) is 13.3 Å². The molecule has 0 atom stereocenters. The van der Waals surface area contributed by atoms with Crippen molar-refractivity contribution < 1.29 is 18.7 Å². The first-order chi connectivity index (χ1) is 12.5. The van der Waals surface area contributed by atoms with Crippen molar-refractivity contribution in [1.29, 1.82) is 0 Å². The van der Waals surface area contributed by atoms with Crippen LogP contribution in [-0.2, 0) is 11.2 Å². The van der Waals surface area contributed by atoms with E-state index in [-0.39, 0.29) is 17.6 Å². The van der Waals surface area contributed by atoms with Crippen LogP contribution >= 0.6 is 0 Å². The Hall–Kier alpha value is -2.89. The molecule has 0 spiro atoms. The summed E-state index contributed by atoms with van der Waals surface area (Å²) in [7, 11) is 1.54. The number of rotatable bonds is 8. The molecule has 0 bridgehead atoms. The normalized spacial score (nSPS) is 10.3. The third-order valence-electron chi connectivity index (χ3n) is 4.03. The molecule has 26 heavy (non-hydrogen) atoms. The lowest BCUT2D eigenvalue weighted by molar-refractivity contribution is -0.128. The Morgan fingerprint density at radius 3 is 2.50 bits per heavy atom. The zero-order valence-corrected chi connectivity index (χ0v) is 15.0. The van der Waals surface area contributed by atoms with Gasteiger partial charge in [0.2, 0.25) is 5.91 Å². The number of methoxy groups -OCH3 is 1. The Kier molecular flexibility index (Phi) is 7.14. The fraction of sp³-hybridized carbons (Fsp3) is 0.300. The molecule has 0 fully saturated rings. The van der Waals surface area contributed by atoms with Crippen LogP contribution in [0.1, 0.15) is 22.8 Å². The molecule has 0 aromatic heterocycles. The van der Waals surface area contributed by atoms with Gasteiger partial charge in [0.05, 0.1) is 7.11 Å². The van der Waals surface area contributed by atoms with E-state index in [0.717, 1.165) is 5.56 Å². The SMILES string of the molecule is COc1cccc(C(=O)NCCN(CCc2ccc(F)cc2)C(C)=O)c1. The molecule has 2 aromatic rings. The van der Waals surface area contributed by atoms with Gasteiger partial charge in [-0.2, -0.15) is 0 Å². The summed E-state index contributed by atoms with van der Waals surface area (Å²) in [6.45, 7) is 2.76. The Balaban J connectivity index is 1.83. The molecular weight excluding hydrogens is 335 g/mol. The molecule has 0 heterocycles. The maximum Gasteiger partial charge on any atom is 0.251 e. The number of carbonyl (C=O) groups is 2. The number of ether oxygens (including phenoxy) is 1. The summed E-state index contributed by atoms with van der Waals surface area (Å²) in [4.78, 5) is 25.6. The minimum Gasteiger partial charge on any atom is -0.497 e. The molecule has 0 aliphatic rings. The highest BCUT2D eigenvalue weighted by molar-refractivity contribution is 5.94. The summed E-state index contributed by atoms with van der Waals surface area (Å²) in [6.07, 6.45) is 0.629. The van der Waals surface area contributed by atoms with Gasteiger partial charge in [0.1, 0.15) is 11.6 Å². The predicted molar refractivity (Wildman–Crippen MR) is 97.7 cm³/mol. The monoisotopic (exact) mass is 358 g/mol. The van der Waals surface area contributed by atoms with Crippen molar-refractivity contribution in [2.75, 3.05) is 26.7 Å². The van der Waals surface area contributed by atoms with E-state index in [2.05, 4.69) is 5.32 Å². The van der Waals surface area contributed by atoms with Gasteiger partial charge in [-0.1, -0.05) is 18.2 Å². The van der Waals surface area contributed by atoms with Gasteiger partial charge in [-0.25, -0.2) is 4.39 Å². The molecule has 0 radical (unpaired) electrons. The molecule has 2 rings (SSSR count). The second kappa shape index (κ2) is 9.56. The molecule has 0 unspecified atom stereocenters. The van der Waals surface area contributed by atoms with E-state index in [9.17, 15) is 14.0 Å². The number of hydrogen-bond acceptors (Lipinski definition) is 3. The van der Waals surface area contributed by atoms with Crippen LogP contribution in [0.4, 0.5) is 4.39 Å². The van der Waals surface area contributed by atoms with Crippen molar-refractivity contribution in [3.63, 3.8) is 0 Å². The smallest absolute Gasteiger partial charge is 0.251 e. The van der Waals surface area contributed by atoms with Crippen LogP contribution in [0, 0.1) is 5.82 Å². The molecular formula is C20H23FN2O3. The van der Waals surface area contributed by atoms with Gasteiger partial charge in [-0.3, -0.25) is 9.59 Å². The van der Waals surface area contributed by atoms with Crippen LogP contribution in [0.2, 0.25) is 0 Å². The Morgan fingerprint density at radius 2 is 1.85 bits per heavy atom. The van der Waals surface area contributed by atoms with Crippen molar-refractivity contribution in [3.05, 3.63) is 65.5 Å². The number of benzene rings is 2. The average Bonchev–Trinajstić information content (AvgIpc) is 2.65. The van der Waals surface area contributed by atoms with E-state index in [1.165, 1.54) is 19.1 Å². The van der Waals surface area contributed by atoms with E-state index in [4.69, 9.17) is 4.74 Å². The van der Waals surface area contributed by atoms with E-state index >= 15 is 0 Å². The molecule has 5 nitrogen and oxygen atoms in total. The lowest BCUT2D eigenvalue weighted by Crippen LogP contribution is -2.38. The molecule has 1 N–H and O–H groups in total. The van der Waals surface area contributed by atoms with E-state index < -0.39 is 0 Å². The highest BCUT2D eigenvalue weighted by Crippen LogP contribution is 2.12. The van der Waals surface area contributed by atoms with Crippen molar-refractivity contribution in [3.8, 4) is 5.75 Å². The molecule has 2 aromatic carbocycles. The standard InChI is InChI=1S/C20H23FN2O3/c1-15(24)23(12-10-16-6-8-18(21)9-7-16)13-11-22-20(25)17-4-3-5-19(14-17)26-2/h3-9,14H,10-13H2,1-2H3,(H,22,25). The van der Waals surface area contributed by atoms with Crippen molar-refractivity contribution in [1.82, 2.24) is 10.2 Å². The van der Waals surface area contributed by atoms with Crippen LogP contribution in [0.15, 0.2) is 48.5 Å². The molecule has 0 aliphatic carbocycles. The number of carbonyl (C=O) groups excluding carboxylic acids is 2. The van der Waals surface area contributed by atoms with E-state index in [1.807, 2.05) is 0 Å². The molecule has 2 amide bonds. The second-order valence-electron chi connectivity index (χ2n) is 5.87. The molecule has 0 aliphatic heterocycles. The second-order valence-corrected chi connectivity index (χ2v) is 5.87. The van der Waals surface area contributed by atoms with E-state index in [1.54, 1.807) is 48.4 Å². The maximum atomic E-state index is 12.9. The Morgan fingerprint density at radius 1 is 1.12 bits per heavy atom. The Labute approximate surface area is 152 Å². The van der Waals surface area contributed by atoms with Gasteiger partial charge >= 0.3 is 0 Å². The summed E-state index contributed by atoms with van der Waals surface area (Å²) in [6, 6.07) is 13.1. The first-order valence-corrected chi connectivity index (χ1v) is 8.42. The fourth-order valence-corrected chi connectivity index (χ4v) is 2.51. The van der Waals surface area contributed by atoms with Gasteiger partial charge in [0, 0.05) is 32.1 Å². The van der Waals surface area contributed by atoms with Gasteiger partial charge in [-0.05, 0) is 42.3 Å². The van der Waals surface area contributed by atoms with Gasteiger partial charge in [0.15, 0.2) is 0 Å². The van der Waals surface area contributed by atoms with Gasteiger partial charge in [-0.15, -0.1) is 0 Å². The van der Waals surface area contributed by atoms with Crippen LogP contribution in [0.25, 0.3) is 0 Å². The van der Waals surface area contributed by atoms with Gasteiger partial charge in [0.25, 0.3) is 5.91 Å². The van der Waals surface area contributed by atoms with Crippen molar-refractivity contribution >= 4 is 11.8 Å². The topological polar surface area (TPSA) is 58.6 Å². The third kappa shape index (κ3) is 5.88. The highest BCUT2D eigenvalue weighted by atomic mass is 19.1. The van der Waals surface area contributed by atoms with Crippen LogP contribution in [0.5, 0.6) is 5.75 Å². The summed E-state index contributed by atoms with van der Waals surface area (Å²) < 4.78 is 18.0. The fourth-order valence-electron chi connectivity index (χ4n) is 2.51. The van der Waals surface area contributed by atoms with Crippen LogP contribution < -0.4 is 10.1 Å². The van der Waals surface area contributed by atoms with E-state index in [0.29, 0.717) is 37.4 Å². The molecule has 0 saturated carbocycles.